The summed E-state index contributed by atoms with van der Waals surface area (Å²) in [5.41, 5.74) is 11.5. The molecule has 2 amide bonds. The van der Waals surface area contributed by atoms with Crippen molar-refractivity contribution in [2.45, 2.75) is 57.0 Å². The highest BCUT2D eigenvalue weighted by atomic mass is 35.5. The van der Waals surface area contributed by atoms with Crippen LogP contribution in [-0.4, -0.2) is 51.9 Å². The Labute approximate surface area is 202 Å². The molecule has 7 N–H and O–H groups in total. The van der Waals surface area contributed by atoms with Crippen LogP contribution >= 0.6 is 11.6 Å². The topological polar surface area (TPSA) is 159 Å². The van der Waals surface area contributed by atoms with Crippen molar-refractivity contribution in [2.75, 3.05) is 23.7 Å². The number of nitrogens with two attached hydrogens (primary N) is 2. The molecular weight excluding hydrogens is 458 g/mol. The summed E-state index contributed by atoms with van der Waals surface area (Å²) in [6.45, 7) is 1.43. The van der Waals surface area contributed by atoms with Gasteiger partial charge in [-0.25, -0.2) is 0 Å². The summed E-state index contributed by atoms with van der Waals surface area (Å²) >= 11 is 6.43. The fourth-order valence-corrected chi connectivity index (χ4v) is 4.81. The number of benzene rings is 1. The minimum absolute atomic E-state index is 0.00527. The summed E-state index contributed by atoms with van der Waals surface area (Å²) in [6, 6.07) is 4.74. The zero-order valence-electron chi connectivity index (χ0n) is 18.9. The normalized spacial score (nSPS) is 20.6. The molecule has 2 atom stereocenters. The van der Waals surface area contributed by atoms with E-state index in [1.54, 1.807) is 23.1 Å². The van der Waals surface area contributed by atoms with Crippen LogP contribution in [0.5, 0.6) is 0 Å². The second kappa shape index (κ2) is 10.4. The van der Waals surface area contributed by atoms with Gasteiger partial charge in [0.25, 0.3) is 17.4 Å². The number of likely N-dealkylation sites (tertiary alicyclic amines) is 1. The molecule has 1 saturated heterocycles. The molecule has 1 aromatic carbocycles. The summed E-state index contributed by atoms with van der Waals surface area (Å²) < 4.78 is 0. The van der Waals surface area contributed by atoms with Crippen LogP contribution in [0.2, 0.25) is 5.02 Å². The van der Waals surface area contributed by atoms with Gasteiger partial charge in [0.15, 0.2) is 5.82 Å². The molecule has 1 aromatic heterocycles. The van der Waals surface area contributed by atoms with Crippen LogP contribution in [0.4, 0.5) is 17.5 Å². The van der Waals surface area contributed by atoms with Crippen molar-refractivity contribution in [3.8, 4) is 0 Å². The molecule has 0 radical (unpaired) electrons. The lowest BCUT2D eigenvalue weighted by atomic mass is 9.91. The molecule has 182 valence electrons. The highest BCUT2D eigenvalue weighted by Crippen LogP contribution is 2.27. The van der Waals surface area contributed by atoms with E-state index in [1.807, 2.05) is 0 Å². The number of amides is 2. The van der Waals surface area contributed by atoms with Crippen molar-refractivity contribution in [3.63, 3.8) is 0 Å². The number of carbonyl (C=O) groups excluding carboxylic acids is 2. The van der Waals surface area contributed by atoms with E-state index in [4.69, 9.17) is 23.1 Å². The number of rotatable bonds is 6. The molecule has 2 fully saturated rings. The number of halogens is 1. The van der Waals surface area contributed by atoms with Crippen molar-refractivity contribution >= 4 is 40.9 Å². The maximum Gasteiger partial charge on any atom is 0.267 e. The molecule has 1 aliphatic heterocycles. The van der Waals surface area contributed by atoms with Gasteiger partial charge >= 0.3 is 0 Å². The van der Waals surface area contributed by atoms with Gasteiger partial charge in [-0.1, -0.05) is 24.4 Å². The van der Waals surface area contributed by atoms with Crippen molar-refractivity contribution in [1.29, 1.82) is 0 Å². The number of hydrogen-bond acceptors (Lipinski definition) is 7. The molecule has 0 bridgehead atoms. The quantitative estimate of drug-likeness (QED) is 0.418. The number of hydrogen-bond donors (Lipinski definition) is 5. The van der Waals surface area contributed by atoms with E-state index >= 15 is 0 Å². The molecule has 1 aliphatic carbocycles. The Morgan fingerprint density at radius 1 is 1.12 bits per heavy atom. The Morgan fingerprint density at radius 3 is 2.53 bits per heavy atom. The molecule has 0 spiro atoms. The Morgan fingerprint density at radius 2 is 1.85 bits per heavy atom. The summed E-state index contributed by atoms with van der Waals surface area (Å²) in [6.07, 6.45) is 6.91. The third kappa shape index (κ3) is 5.34. The van der Waals surface area contributed by atoms with Crippen LogP contribution in [0.3, 0.4) is 0 Å². The second-order valence-corrected chi connectivity index (χ2v) is 9.28. The molecule has 4 rings (SSSR count). The number of carbonyl (C=O) groups is 2. The highest BCUT2D eigenvalue weighted by molar-refractivity contribution is 6.34. The minimum atomic E-state index is -0.917. The lowest BCUT2D eigenvalue weighted by Gasteiger charge is -2.29. The van der Waals surface area contributed by atoms with E-state index in [9.17, 15) is 14.4 Å². The van der Waals surface area contributed by atoms with E-state index in [2.05, 4.69) is 20.6 Å². The van der Waals surface area contributed by atoms with E-state index in [0.717, 1.165) is 44.9 Å². The second-order valence-electron chi connectivity index (χ2n) is 8.87. The van der Waals surface area contributed by atoms with Gasteiger partial charge in [-0.2, -0.15) is 4.98 Å². The summed E-state index contributed by atoms with van der Waals surface area (Å²) in [7, 11) is 0. The number of aromatic nitrogens is 2. The van der Waals surface area contributed by atoms with Gasteiger partial charge in [0.05, 0.1) is 10.6 Å². The zero-order chi connectivity index (χ0) is 24.2. The number of primary amides is 1. The SMILES string of the molecule is NC(=O)c1c(Nc2ccc(C(=O)N3CCCCC3)c(Cl)c2)nc(N[C@H]2CCCC[C@@H]2N)[nH]c1=O. The fraction of sp³-hybridized carbons (Fsp3) is 0.478. The number of nitrogens with one attached hydrogen (secondary N) is 3. The van der Waals surface area contributed by atoms with Gasteiger partial charge in [-0.05, 0) is 50.3 Å². The van der Waals surface area contributed by atoms with E-state index in [1.165, 1.54) is 0 Å². The molecule has 10 nitrogen and oxygen atoms in total. The summed E-state index contributed by atoms with van der Waals surface area (Å²) in [5, 5.41) is 6.39. The van der Waals surface area contributed by atoms with E-state index in [0.29, 0.717) is 24.3 Å². The first-order chi connectivity index (χ1) is 16.3. The molecule has 2 aliphatic rings. The smallest absolute Gasteiger partial charge is 0.267 e. The standard InChI is InChI=1S/C23H30ClN7O3/c24-15-12-13(8-9-14(15)22(34)31-10-4-1-5-11-31)27-20-18(19(26)32)21(33)30-23(29-20)28-17-7-3-2-6-16(17)25/h8-9,12,16-17H,1-7,10-11,25H2,(H2,26,32)(H3,27,28,29,30,33)/t16-,17-/m0/s1. The number of aromatic amines is 1. The minimum Gasteiger partial charge on any atom is -0.365 e. The molecule has 2 aromatic rings. The monoisotopic (exact) mass is 487 g/mol. The Balaban J connectivity index is 1.58. The molecule has 2 heterocycles. The van der Waals surface area contributed by atoms with Gasteiger partial charge in [0.1, 0.15) is 5.56 Å². The Hall–Kier alpha value is -3.11. The molecule has 0 unspecified atom stereocenters. The zero-order valence-corrected chi connectivity index (χ0v) is 19.7. The third-order valence-electron chi connectivity index (χ3n) is 6.41. The van der Waals surface area contributed by atoms with E-state index in [-0.39, 0.29) is 40.3 Å². The van der Waals surface area contributed by atoms with Crippen LogP contribution < -0.4 is 27.7 Å². The third-order valence-corrected chi connectivity index (χ3v) is 6.73. The van der Waals surface area contributed by atoms with Crippen molar-refractivity contribution in [2.24, 2.45) is 11.5 Å². The fourth-order valence-electron chi connectivity index (χ4n) is 4.55. The Bertz CT molecular complexity index is 1130. The van der Waals surface area contributed by atoms with E-state index < -0.39 is 11.5 Å². The first-order valence-corrected chi connectivity index (χ1v) is 12.0. The van der Waals surface area contributed by atoms with Crippen LogP contribution in [0.25, 0.3) is 0 Å². The van der Waals surface area contributed by atoms with Gasteiger partial charge in [-0.15, -0.1) is 0 Å². The maximum atomic E-state index is 12.8. The average Bonchev–Trinajstić information content (AvgIpc) is 2.80. The van der Waals surface area contributed by atoms with Crippen molar-refractivity contribution in [1.82, 2.24) is 14.9 Å². The van der Waals surface area contributed by atoms with Crippen molar-refractivity contribution in [3.05, 3.63) is 44.7 Å². The lowest BCUT2D eigenvalue weighted by molar-refractivity contribution is 0.0724. The Kier molecular flexibility index (Phi) is 7.38. The molecule has 1 saturated carbocycles. The van der Waals surface area contributed by atoms with Gasteiger partial charge < -0.3 is 27.0 Å². The first-order valence-electron chi connectivity index (χ1n) is 11.7. The first kappa shape index (κ1) is 24.0. The number of anilines is 3. The largest absolute Gasteiger partial charge is 0.365 e. The number of H-pyrrole nitrogens is 1. The number of nitrogens with zero attached hydrogens (tertiary/aromatic N) is 2. The average molecular weight is 488 g/mol. The number of piperidine rings is 1. The molecule has 34 heavy (non-hydrogen) atoms. The summed E-state index contributed by atoms with van der Waals surface area (Å²) in [5.74, 6) is -0.837. The van der Waals surface area contributed by atoms with Crippen LogP contribution in [0.1, 0.15) is 65.7 Å². The van der Waals surface area contributed by atoms with Gasteiger partial charge in [-0.3, -0.25) is 19.4 Å². The predicted molar refractivity (Wildman–Crippen MR) is 132 cm³/mol. The molecule has 11 heteroatoms. The van der Waals surface area contributed by atoms with Crippen molar-refractivity contribution < 1.29 is 9.59 Å². The maximum absolute atomic E-state index is 12.8. The van der Waals surface area contributed by atoms with Crippen LogP contribution in [-0.2, 0) is 0 Å². The van der Waals surface area contributed by atoms with Gasteiger partial charge in [0, 0.05) is 30.9 Å². The van der Waals surface area contributed by atoms with Gasteiger partial charge in [0.2, 0.25) is 5.95 Å². The van der Waals surface area contributed by atoms with Crippen LogP contribution in [0.15, 0.2) is 23.0 Å². The summed E-state index contributed by atoms with van der Waals surface area (Å²) in [4.78, 5) is 46.2. The highest BCUT2D eigenvalue weighted by Gasteiger charge is 2.24. The lowest BCUT2D eigenvalue weighted by Crippen LogP contribution is -2.43. The molecular formula is C23H30ClN7O3. The predicted octanol–water partition coefficient (Wildman–Crippen LogP) is 2.57. The van der Waals surface area contributed by atoms with Crippen LogP contribution in [0, 0.1) is 0 Å².